The van der Waals surface area contributed by atoms with Gasteiger partial charge in [-0.15, -0.1) is 0 Å². The summed E-state index contributed by atoms with van der Waals surface area (Å²) in [6.07, 6.45) is 8.81. The van der Waals surface area contributed by atoms with E-state index >= 15 is 0 Å². The normalized spacial score (nSPS) is 12.6. The van der Waals surface area contributed by atoms with Crippen LogP contribution in [0.15, 0.2) is 243 Å². The van der Waals surface area contributed by atoms with Gasteiger partial charge in [0.15, 0.2) is 0 Å². The first-order valence-electron chi connectivity index (χ1n) is 22.3. The van der Waals surface area contributed by atoms with E-state index in [9.17, 15) is 0 Å². The fraction of sp³-hybridized carbons (Fsp3) is 0.0323. The van der Waals surface area contributed by atoms with Crippen molar-refractivity contribution >= 4 is 66.0 Å². The van der Waals surface area contributed by atoms with Crippen LogP contribution in [-0.2, 0) is 0 Å². The molecule has 1 heterocycles. The van der Waals surface area contributed by atoms with Gasteiger partial charge in [0.05, 0.1) is 22.4 Å². The third kappa shape index (κ3) is 6.60. The number of rotatable bonds is 8. The zero-order valence-corrected chi connectivity index (χ0v) is 35.4. The Kier molecular flexibility index (Phi) is 9.34. The van der Waals surface area contributed by atoms with Gasteiger partial charge in [0.2, 0.25) is 0 Å². The van der Waals surface area contributed by atoms with Crippen LogP contribution in [0.1, 0.15) is 18.4 Å². The van der Waals surface area contributed by atoms with Gasteiger partial charge < -0.3 is 9.47 Å². The Morgan fingerprint density at radius 1 is 0.375 bits per heavy atom. The van der Waals surface area contributed by atoms with E-state index in [1.807, 2.05) is 0 Å². The van der Waals surface area contributed by atoms with Gasteiger partial charge in [0, 0.05) is 33.1 Å². The van der Waals surface area contributed by atoms with Crippen molar-refractivity contribution in [2.45, 2.75) is 12.8 Å². The molecule has 12 rings (SSSR count). The Morgan fingerprint density at radius 3 is 1.72 bits per heavy atom. The predicted molar refractivity (Wildman–Crippen MR) is 273 cm³/mol. The number of hydrogen-bond acceptors (Lipinski definition) is 1. The van der Waals surface area contributed by atoms with Crippen LogP contribution in [-0.4, -0.2) is 4.57 Å². The first-order valence-corrected chi connectivity index (χ1v) is 22.3. The Bertz CT molecular complexity index is 3550. The Hall–Kier alpha value is -8.20. The summed E-state index contributed by atoms with van der Waals surface area (Å²) in [5.41, 5.74) is 16.7. The van der Waals surface area contributed by atoms with E-state index in [2.05, 4.69) is 252 Å². The largest absolute Gasteiger partial charge is 0.309 e. The molecule has 64 heavy (non-hydrogen) atoms. The van der Waals surface area contributed by atoms with Gasteiger partial charge in [-0.2, -0.15) is 0 Å². The van der Waals surface area contributed by atoms with Crippen molar-refractivity contribution in [1.82, 2.24) is 4.57 Å². The van der Waals surface area contributed by atoms with Crippen molar-refractivity contribution in [2.75, 3.05) is 4.90 Å². The molecular formula is C62H44N2. The molecule has 11 aromatic rings. The lowest BCUT2D eigenvalue weighted by atomic mass is 9.93. The molecule has 0 fully saturated rings. The fourth-order valence-corrected chi connectivity index (χ4v) is 9.97. The molecule has 1 aliphatic rings. The van der Waals surface area contributed by atoms with Gasteiger partial charge in [-0.25, -0.2) is 0 Å². The summed E-state index contributed by atoms with van der Waals surface area (Å²) < 4.78 is 2.43. The summed E-state index contributed by atoms with van der Waals surface area (Å²) in [7, 11) is 0. The quantitative estimate of drug-likeness (QED) is 0.148. The number of allylic oxidation sites excluding steroid dienone is 4. The number of aromatic nitrogens is 1. The Balaban J connectivity index is 1.03. The number of nitrogens with zero attached hydrogens (tertiary/aromatic N) is 2. The van der Waals surface area contributed by atoms with Crippen molar-refractivity contribution in [3.05, 3.63) is 248 Å². The van der Waals surface area contributed by atoms with Crippen LogP contribution in [0.2, 0.25) is 0 Å². The van der Waals surface area contributed by atoms with Crippen LogP contribution in [0.3, 0.4) is 0 Å². The second kappa shape index (κ2) is 15.9. The average Bonchev–Trinajstić information content (AvgIpc) is 3.71. The van der Waals surface area contributed by atoms with Crippen LogP contribution in [0, 0.1) is 0 Å². The number of benzene rings is 10. The molecule has 0 saturated carbocycles. The van der Waals surface area contributed by atoms with E-state index in [4.69, 9.17) is 0 Å². The van der Waals surface area contributed by atoms with Crippen molar-refractivity contribution in [1.29, 1.82) is 0 Å². The molecule has 0 atom stereocenters. The van der Waals surface area contributed by atoms with Gasteiger partial charge in [0.1, 0.15) is 0 Å². The monoisotopic (exact) mass is 816 g/mol. The molecule has 0 bridgehead atoms. The maximum atomic E-state index is 2.48. The minimum Gasteiger partial charge on any atom is -0.309 e. The highest BCUT2D eigenvalue weighted by molar-refractivity contribution is 6.10. The molecule has 2 nitrogen and oxygen atoms in total. The van der Waals surface area contributed by atoms with Gasteiger partial charge >= 0.3 is 0 Å². The second-order valence-corrected chi connectivity index (χ2v) is 16.8. The van der Waals surface area contributed by atoms with Gasteiger partial charge in [-0.05, 0) is 129 Å². The summed E-state index contributed by atoms with van der Waals surface area (Å²) in [6, 6.07) is 82.5. The third-order valence-electron chi connectivity index (χ3n) is 13.0. The van der Waals surface area contributed by atoms with Crippen LogP contribution in [0.5, 0.6) is 0 Å². The maximum absolute atomic E-state index is 2.48. The summed E-state index contributed by atoms with van der Waals surface area (Å²) in [6.45, 7) is 0. The number of fused-ring (bicyclic) bond motifs is 5. The lowest BCUT2D eigenvalue weighted by Crippen LogP contribution is -2.13. The third-order valence-corrected chi connectivity index (χ3v) is 13.0. The molecule has 0 saturated heterocycles. The zero-order valence-electron chi connectivity index (χ0n) is 35.4. The smallest absolute Gasteiger partial charge is 0.0541 e. The first kappa shape index (κ1) is 37.6. The molecule has 0 radical (unpaired) electrons. The molecule has 0 aliphatic heterocycles. The lowest BCUT2D eigenvalue weighted by Gasteiger charge is -2.30. The highest BCUT2D eigenvalue weighted by Gasteiger charge is 2.22. The molecule has 2 heteroatoms. The van der Waals surface area contributed by atoms with E-state index in [1.54, 1.807) is 0 Å². The van der Waals surface area contributed by atoms with Crippen LogP contribution < -0.4 is 4.90 Å². The second-order valence-electron chi connectivity index (χ2n) is 16.8. The number of hydrogen-bond donors (Lipinski definition) is 0. The summed E-state index contributed by atoms with van der Waals surface area (Å²) in [5, 5.41) is 7.44. The maximum Gasteiger partial charge on any atom is 0.0541 e. The van der Waals surface area contributed by atoms with E-state index < -0.39 is 0 Å². The number of anilines is 3. The summed E-state index contributed by atoms with van der Waals surface area (Å²) >= 11 is 0. The standard InChI is InChI=1S/C62H44N2/c1-3-17-43(18-4-1)49-40-50(42-52(41-49)64-60-29-15-12-26-57(60)58-27-13-16-30-61(58)64)45-33-35-51(36-34-45)63(59-28-14-11-23-54(59)46-20-5-2-6-21-46)62-38-37-53(55-24-9-10-25-56(55)62)48-32-31-44-19-7-8-22-47(44)39-48/h1-5,7-20,22-42H,6,21H2. The molecule has 1 aromatic heterocycles. The molecule has 0 amide bonds. The van der Waals surface area contributed by atoms with Crippen LogP contribution in [0.4, 0.5) is 17.1 Å². The van der Waals surface area contributed by atoms with Crippen LogP contribution >= 0.6 is 0 Å². The van der Waals surface area contributed by atoms with Gasteiger partial charge in [0.25, 0.3) is 0 Å². The topological polar surface area (TPSA) is 8.17 Å². The number of para-hydroxylation sites is 3. The highest BCUT2D eigenvalue weighted by atomic mass is 15.1. The van der Waals surface area contributed by atoms with Crippen LogP contribution in [0.25, 0.3) is 88.0 Å². The Morgan fingerprint density at radius 2 is 0.984 bits per heavy atom. The molecule has 302 valence electrons. The SMILES string of the molecule is C1=CCCC(c2ccccc2N(c2ccc(-c3cc(-c4ccccc4)cc(-n4c5ccccc5c5ccccc54)c3)cc2)c2ccc(-c3ccc4ccccc4c3)c3ccccc23)=C1. The van der Waals surface area contributed by atoms with Crippen molar-refractivity contribution < 1.29 is 0 Å². The molecular weight excluding hydrogens is 773 g/mol. The summed E-state index contributed by atoms with van der Waals surface area (Å²) in [4.78, 5) is 2.48. The lowest BCUT2D eigenvalue weighted by molar-refractivity contribution is 1.05. The predicted octanol–water partition coefficient (Wildman–Crippen LogP) is 17.3. The van der Waals surface area contributed by atoms with Gasteiger partial charge in [-0.1, -0.05) is 182 Å². The van der Waals surface area contributed by atoms with E-state index in [0.29, 0.717) is 0 Å². The van der Waals surface area contributed by atoms with E-state index in [-0.39, 0.29) is 0 Å². The van der Waals surface area contributed by atoms with E-state index in [1.165, 1.54) is 88.0 Å². The van der Waals surface area contributed by atoms with E-state index in [0.717, 1.165) is 35.5 Å². The highest BCUT2D eigenvalue weighted by Crippen LogP contribution is 2.46. The van der Waals surface area contributed by atoms with Gasteiger partial charge in [-0.3, -0.25) is 0 Å². The first-order chi connectivity index (χ1) is 31.7. The van der Waals surface area contributed by atoms with Crippen molar-refractivity contribution in [2.24, 2.45) is 0 Å². The molecule has 10 aromatic carbocycles. The molecule has 0 spiro atoms. The fourth-order valence-electron chi connectivity index (χ4n) is 9.97. The Labute approximate surface area is 373 Å². The molecule has 1 aliphatic carbocycles. The molecule has 0 N–H and O–H groups in total. The molecule has 0 unspecified atom stereocenters. The zero-order chi connectivity index (χ0) is 42.4. The van der Waals surface area contributed by atoms with Crippen molar-refractivity contribution in [3.63, 3.8) is 0 Å². The average molecular weight is 817 g/mol. The summed E-state index contributed by atoms with van der Waals surface area (Å²) in [5.74, 6) is 0. The minimum atomic E-state index is 1.01. The van der Waals surface area contributed by atoms with Crippen molar-refractivity contribution in [3.8, 4) is 39.1 Å². The minimum absolute atomic E-state index is 1.01.